The van der Waals surface area contributed by atoms with E-state index in [1.807, 2.05) is 0 Å². The molecule has 0 nitrogen and oxygen atoms in total. The van der Waals surface area contributed by atoms with Gasteiger partial charge in [0.15, 0.2) is 0 Å². The molecule has 2 rings (SSSR count). The number of hydrogen-bond donors (Lipinski definition) is 0. The summed E-state index contributed by atoms with van der Waals surface area (Å²) in [5.41, 5.74) is 2.92. The minimum atomic E-state index is 1.14. The predicted octanol–water partition coefficient (Wildman–Crippen LogP) is 2.02. The number of fused-ring (bicyclic) bond motifs is 1. The minimum absolute atomic E-state index is 1.14. The van der Waals surface area contributed by atoms with Crippen molar-refractivity contribution >= 4 is 0 Å². The van der Waals surface area contributed by atoms with E-state index in [-0.39, 0.29) is 0 Å². The van der Waals surface area contributed by atoms with E-state index in [2.05, 4.69) is 30.7 Å². The third-order valence-corrected chi connectivity index (χ3v) is 1.58. The SMILES string of the molecule is C1=CCC2=C[CH+]C2=C1. The first-order chi connectivity index (χ1) is 3.97. The monoisotopic (exact) mass is 103 g/mol. The lowest BCUT2D eigenvalue weighted by Crippen LogP contribution is -2.01. The lowest BCUT2D eigenvalue weighted by Gasteiger charge is -2.11. The first-order valence-electron chi connectivity index (χ1n) is 2.88. The lowest BCUT2D eigenvalue weighted by molar-refractivity contribution is 1.14. The summed E-state index contributed by atoms with van der Waals surface area (Å²) in [7, 11) is 0. The summed E-state index contributed by atoms with van der Waals surface area (Å²) in [6.07, 6.45) is 11.9. The molecule has 8 heavy (non-hydrogen) atoms. The number of rotatable bonds is 0. The highest BCUT2D eigenvalue weighted by molar-refractivity contribution is 5.55. The Labute approximate surface area is 49.2 Å². The second-order valence-corrected chi connectivity index (χ2v) is 2.11. The summed E-state index contributed by atoms with van der Waals surface area (Å²) < 4.78 is 0. The van der Waals surface area contributed by atoms with Gasteiger partial charge in [0.1, 0.15) is 0 Å². The zero-order chi connectivity index (χ0) is 5.40. The fraction of sp³-hybridized carbons (Fsp3) is 0.125. The van der Waals surface area contributed by atoms with Crippen LogP contribution in [-0.2, 0) is 0 Å². The highest BCUT2D eigenvalue weighted by Crippen LogP contribution is 2.30. The van der Waals surface area contributed by atoms with E-state index < -0.39 is 0 Å². The molecule has 0 amide bonds. The van der Waals surface area contributed by atoms with Gasteiger partial charge in [-0.15, -0.1) is 0 Å². The van der Waals surface area contributed by atoms with Crippen molar-refractivity contribution < 1.29 is 0 Å². The molecule has 0 spiro atoms. The van der Waals surface area contributed by atoms with Crippen LogP contribution in [0.25, 0.3) is 0 Å². The van der Waals surface area contributed by atoms with Crippen LogP contribution in [0.2, 0.25) is 0 Å². The van der Waals surface area contributed by atoms with E-state index in [1.54, 1.807) is 0 Å². The normalized spacial score (nSPS) is 22.0. The van der Waals surface area contributed by atoms with E-state index in [0.717, 1.165) is 6.42 Å². The number of hydrogen-bond acceptors (Lipinski definition) is 0. The van der Waals surface area contributed by atoms with Gasteiger partial charge in [0.25, 0.3) is 0 Å². The zero-order valence-corrected chi connectivity index (χ0v) is 4.59. The van der Waals surface area contributed by atoms with Gasteiger partial charge in [-0.25, -0.2) is 0 Å². The van der Waals surface area contributed by atoms with Gasteiger partial charge in [0, 0.05) is 30.6 Å². The third-order valence-electron chi connectivity index (χ3n) is 1.58. The largest absolute Gasteiger partial charge is 0.0994 e. The van der Waals surface area contributed by atoms with Crippen molar-refractivity contribution in [1.82, 2.24) is 0 Å². The molecule has 2 aliphatic carbocycles. The molecule has 0 fully saturated rings. The van der Waals surface area contributed by atoms with Crippen LogP contribution in [0.15, 0.2) is 35.5 Å². The van der Waals surface area contributed by atoms with Crippen molar-refractivity contribution in [3.8, 4) is 0 Å². The van der Waals surface area contributed by atoms with Crippen LogP contribution in [0.5, 0.6) is 0 Å². The van der Waals surface area contributed by atoms with E-state index in [1.165, 1.54) is 11.1 Å². The van der Waals surface area contributed by atoms with Crippen LogP contribution >= 0.6 is 0 Å². The van der Waals surface area contributed by atoms with Gasteiger partial charge >= 0.3 is 0 Å². The molecule has 0 heteroatoms. The van der Waals surface area contributed by atoms with Gasteiger partial charge in [-0.2, -0.15) is 0 Å². The topological polar surface area (TPSA) is 0 Å². The van der Waals surface area contributed by atoms with Crippen LogP contribution in [0.4, 0.5) is 0 Å². The maximum Gasteiger partial charge on any atom is 0.0994 e. The van der Waals surface area contributed by atoms with Gasteiger partial charge in [-0.3, -0.25) is 0 Å². The second-order valence-electron chi connectivity index (χ2n) is 2.11. The molecule has 0 aliphatic heterocycles. The molecular weight excluding hydrogens is 96.1 g/mol. The van der Waals surface area contributed by atoms with Gasteiger partial charge in [-0.1, -0.05) is 6.08 Å². The molecule has 0 heterocycles. The van der Waals surface area contributed by atoms with Crippen LogP contribution in [0.3, 0.4) is 0 Å². The van der Waals surface area contributed by atoms with Crippen LogP contribution < -0.4 is 0 Å². The molecule has 0 bridgehead atoms. The van der Waals surface area contributed by atoms with E-state index in [0.29, 0.717) is 0 Å². The molecule has 0 atom stereocenters. The average molecular weight is 103 g/mol. The van der Waals surface area contributed by atoms with E-state index >= 15 is 0 Å². The van der Waals surface area contributed by atoms with Crippen molar-refractivity contribution in [3.63, 3.8) is 0 Å². The van der Waals surface area contributed by atoms with Gasteiger partial charge in [-0.05, 0) is 6.08 Å². The first-order valence-corrected chi connectivity index (χ1v) is 2.88. The summed E-state index contributed by atoms with van der Waals surface area (Å²) in [6.45, 7) is 0. The molecule has 0 aromatic heterocycles. The van der Waals surface area contributed by atoms with E-state index in [4.69, 9.17) is 0 Å². The van der Waals surface area contributed by atoms with Crippen molar-refractivity contribution in [3.05, 3.63) is 41.9 Å². The van der Waals surface area contributed by atoms with Crippen molar-refractivity contribution in [2.24, 2.45) is 0 Å². The highest BCUT2D eigenvalue weighted by Gasteiger charge is 2.20. The third kappa shape index (κ3) is 0.374. The molecule has 38 valence electrons. The highest BCUT2D eigenvalue weighted by atomic mass is 14.2. The molecule has 0 saturated heterocycles. The Balaban J connectivity index is 2.41. The predicted molar refractivity (Wildman–Crippen MR) is 34.2 cm³/mol. The molecule has 0 radical (unpaired) electrons. The summed E-state index contributed by atoms with van der Waals surface area (Å²) in [6, 6.07) is 0. The molecule has 0 aromatic carbocycles. The van der Waals surface area contributed by atoms with Crippen molar-refractivity contribution in [2.75, 3.05) is 0 Å². The Morgan fingerprint density at radius 2 is 2.50 bits per heavy atom. The average Bonchev–Trinajstić information content (AvgIpc) is 1.72. The fourth-order valence-corrected chi connectivity index (χ4v) is 1.01. The maximum atomic E-state index is 2.18. The summed E-state index contributed by atoms with van der Waals surface area (Å²) >= 11 is 0. The Kier molecular flexibility index (Phi) is 0.644. The maximum absolute atomic E-state index is 2.18. The zero-order valence-electron chi connectivity index (χ0n) is 4.59. The van der Waals surface area contributed by atoms with Gasteiger partial charge in [0.05, 0.1) is 5.57 Å². The Hall–Kier alpha value is -0.910. The smallest absolute Gasteiger partial charge is 0.0607 e. The van der Waals surface area contributed by atoms with Gasteiger partial charge < -0.3 is 0 Å². The Morgan fingerprint density at radius 1 is 1.50 bits per heavy atom. The molecule has 0 aromatic rings. The minimum Gasteiger partial charge on any atom is -0.0607 e. The first kappa shape index (κ1) is 4.02. The summed E-state index contributed by atoms with van der Waals surface area (Å²) in [5, 5.41) is 0. The quantitative estimate of drug-likeness (QED) is 0.411. The van der Waals surface area contributed by atoms with Crippen molar-refractivity contribution in [2.45, 2.75) is 6.42 Å². The molecule has 0 saturated carbocycles. The van der Waals surface area contributed by atoms with Gasteiger partial charge in [0.2, 0.25) is 0 Å². The summed E-state index contributed by atoms with van der Waals surface area (Å²) in [4.78, 5) is 0. The van der Waals surface area contributed by atoms with Crippen LogP contribution in [0, 0.1) is 6.42 Å². The number of allylic oxidation sites excluding steroid dienone is 6. The van der Waals surface area contributed by atoms with E-state index in [9.17, 15) is 0 Å². The Morgan fingerprint density at radius 3 is 2.88 bits per heavy atom. The molecule has 0 unspecified atom stereocenters. The summed E-state index contributed by atoms with van der Waals surface area (Å²) in [5.74, 6) is 0. The molecule has 2 aliphatic rings. The fourth-order valence-electron chi connectivity index (χ4n) is 1.01. The van der Waals surface area contributed by atoms with Crippen molar-refractivity contribution in [1.29, 1.82) is 0 Å². The van der Waals surface area contributed by atoms with Crippen LogP contribution in [-0.4, -0.2) is 0 Å². The Bertz CT molecular complexity index is 192. The van der Waals surface area contributed by atoms with Crippen LogP contribution in [0.1, 0.15) is 6.42 Å². The molecular formula is C8H7+. The lowest BCUT2D eigenvalue weighted by atomic mass is 9.86. The standard InChI is InChI=1S/C8H7/c1-2-4-8-6-5-7(8)3-1/h1-3,5-6H,4H2/q+1. The second kappa shape index (κ2) is 1.28. The molecule has 0 N–H and O–H groups in total.